The van der Waals surface area contributed by atoms with Gasteiger partial charge in [0.2, 0.25) is 0 Å². The first-order valence-corrected chi connectivity index (χ1v) is 7.86. The highest BCUT2D eigenvalue weighted by molar-refractivity contribution is 9.10. The predicted molar refractivity (Wildman–Crippen MR) is 74.1 cm³/mol. The summed E-state index contributed by atoms with van der Waals surface area (Å²) in [5.74, 6) is -0.0604. The number of carbonyl (C=O) groups excluding carboxylic acids is 1. The van der Waals surface area contributed by atoms with Gasteiger partial charge in [-0.05, 0) is 23.6 Å². The molecule has 0 aliphatic rings. The number of ketones is 1. The number of Topliss-reactive ketones (excluding diaryl/α,β-unsaturated/α-hetero) is 1. The SMILES string of the molecule is O=C(CS(=O)c1cccs1)c1cccc(Br)c1. The third-order valence-corrected chi connectivity index (χ3v) is 5.24. The van der Waals surface area contributed by atoms with Crippen molar-refractivity contribution in [2.45, 2.75) is 4.21 Å². The van der Waals surface area contributed by atoms with Gasteiger partial charge < -0.3 is 0 Å². The first-order valence-electron chi connectivity index (χ1n) is 4.87. The van der Waals surface area contributed by atoms with Gasteiger partial charge in [0.15, 0.2) is 5.78 Å². The number of hydrogen-bond donors (Lipinski definition) is 0. The fourth-order valence-electron chi connectivity index (χ4n) is 1.33. The lowest BCUT2D eigenvalue weighted by molar-refractivity contribution is 0.102. The second kappa shape index (κ2) is 5.71. The van der Waals surface area contributed by atoms with Crippen LogP contribution in [0, 0.1) is 0 Å². The lowest BCUT2D eigenvalue weighted by Crippen LogP contribution is -2.10. The summed E-state index contributed by atoms with van der Waals surface area (Å²) in [6.45, 7) is 0. The summed E-state index contributed by atoms with van der Waals surface area (Å²) in [5, 5.41) is 1.86. The highest BCUT2D eigenvalue weighted by Crippen LogP contribution is 2.16. The minimum atomic E-state index is -1.24. The van der Waals surface area contributed by atoms with E-state index >= 15 is 0 Å². The van der Waals surface area contributed by atoms with Gasteiger partial charge in [-0.1, -0.05) is 34.1 Å². The summed E-state index contributed by atoms with van der Waals surface area (Å²) in [6, 6.07) is 10.8. The van der Waals surface area contributed by atoms with E-state index in [1.165, 1.54) is 11.3 Å². The van der Waals surface area contributed by atoms with Crippen LogP contribution in [0.4, 0.5) is 0 Å². The van der Waals surface area contributed by atoms with Crippen LogP contribution < -0.4 is 0 Å². The Hall–Kier alpha value is -0.780. The smallest absolute Gasteiger partial charge is 0.175 e. The van der Waals surface area contributed by atoms with Gasteiger partial charge >= 0.3 is 0 Å². The maximum Gasteiger partial charge on any atom is 0.175 e. The Balaban J connectivity index is 2.10. The molecule has 0 bridgehead atoms. The van der Waals surface area contributed by atoms with Gasteiger partial charge in [-0.25, -0.2) is 0 Å². The molecule has 0 radical (unpaired) electrons. The van der Waals surface area contributed by atoms with Crippen molar-refractivity contribution in [3.8, 4) is 0 Å². The zero-order chi connectivity index (χ0) is 12.3. The van der Waals surface area contributed by atoms with Gasteiger partial charge in [-0.3, -0.25) is 9.00 Å². The molecule has 0 aliphatic carbocycles. The molecule has 88 valence electrons. The van der Waals surface area contributed by atoms with E-state index in [9.17, 15) is 9.00 Å². The number of hydrogen-bond acceptors (Lipinski definition) is 3. The van der Waals surface area contributed by atoms with Crippen molar-refractivity contribution < 1.29 is 9.00 Å². The normalized spacial score (nSPS) is 12.3. The number of rotatable bonds is 4. The molecule has 2 aromatic rings. The van der Waals surface area contributed by atoms with Gasteiger partial charge in [-0.2, -0.15) is 0 Å². The number of carbonyl (C=O) groups is 1. The molecule has 2 rings (SSSR count). The standard InChI is InChI=1S/C12H9BrO2S2/c13-10-4-1-3-9(7-10)11(14)8-17(15)12-5-2-6-16-12/h1-7H,8H2. The average Bonchev–Trinajstić information content (AvgIpc) is 2.82. The minimum Gasteiger partial charge on any atom is -0.293 e. The largest absolute Gasteiger partial charge is 0.293 e. The zero-order valence-corrected chi connectivity index (χ0v) is 12.0. The van der Waals surface area contributed by atoms with Gasteiger partial charge in [0.1, 0.15) is 0 Å². The Morgan fingerprint density at radius 1 is 1.29 bits per heavy atom. The van der Waals surface area contributed by atoms with Crippen molar-refractivity contribution in [2.24, 2.45) is 0 Å². The van der Waals surface area contributed by atoms with Crippen LogP contribution in [0.1, 0.15) is 10.4 Å². The number of thiophene rings is 1. The van der Waals surface area contributed by atoms with Gasteiger partial charge in [0, 0.05) is 10.0 Å². The maximum atomic E-state index is 11.9. The van der Waals surface area contributed by atoms with Crippen LogP contribution in [0.25, 0.3) is 0 Å². The molecule has 1 heterocycles. The summed E-state index contributed by atoms with van der Waals surface area (Å²) in [7, 11) is -1.24. The molecule has 2 nitrogen and oxygen atoms in total. The minimum absolute atomic E-state index is 0.0387. The number of benzene rings is 1. The molecular formula is C12H9BrO2S2. The fourth-order valence-corrected chi connectivity index (χ4v) is 3.73. The van der Waals surface area contributed by atoms with E-state index in [2.05, 4.69) is 15.9 Å². The molecule has 0 saturated heterocycles. The quantitative estimate of drug-likeness (QED) is 0.805. The van der Waals surface area contributed by atoms with Crippen molar-refractivity contribution in [1.29, 1.82) is 0 Å². The number of halogens is 1. The van der Waals surface area contributed by atoms with E-state index in [0.717, 1.165) is 8.68 Å². The maximum absolute atomic E-state index is 11.9. The monoisotopic (exact) mass is 328 g/mol. The molecule has 5 heteroatoms. The summed E-state index contributed by atoms with van der Waals surface area (Å²) >= 11 is 4.72. The summed E-state index contributed by atoms with van der Waals surface area (Å²) < 4.78 is 13.5. The van der Waals surface area contributed by atoms with E-state index in [1.54, 1.807) is 24.3 Å². The molecule has 1 atom stereocenters. The predicted octanol–water partition coefficient (Wildman–Crippen LogP) is 3.50. The van der Waals surface area contributed by atoms with Crippen molar-refractivity contribution >= 4 is 43.8 Å². The molecule has 0 aliphatic heterocycles. The highest BCUT2D eigenvalue weighted by atomic mass is 79.9. The molecule has 0 fully saturated rings. The molecule has 1 unspecified atom stereocenters. The molecule has 0 amide bonds. The lowest BCUT2D eigenvalue weighted by Gasteiger charge is -2.00. The summed E-state index contributed by atoms with van der Waals surface area (Å²) in [5.41, 5.74) is 0.587. The molecular weight excluding hydrogens is 320 g/mol. The van der Waals surface area contributed by atoms with Gasteiger partial charge in [0.25, 0.3) is 0 Å². The molecule has 1 aromatic heterocycles. The van der Waals surface area contributed by atoms with Crippen LogP contribution in [0.2, 0.25) is 0 Å². The Morgan fingerprint density at radius 3 is 2.76 bits per heavy atom. The van der Waals surface area contributed by atoms with E-state index in [4.69, 9.17) is 0 Å². The lowest BCUT2D eigenvalue weighted by atomic mass is 10.2. The van der Waals surface area contributed by atoms with Crippen molar-refractivity contribution in [3.05, 3.63) is 51.8 Å². The van der Waals surface area contributed by atoms with E-state index in [1.807, 2.05) is 17.5 Å². The highest BCUT2D eigenvalue weighted by Gasteiger charge is 2.13. The topological polar surface area (TPSA) is 34.1 Å². The summed E-state index contributed by atoms with van der Waals surface area (Å²) in [6.07, 6.45) is 0. The van der Waals surface area contributed by atoms with Crippen LogP contribution in [0.5, 0.6) is 0 Å². The second-order valence-corrected chi connectivity index (χ2v) is 6.90. The first-order chi connectivity index (χ1) is 8.16. The average molecular weight is 329 g/mol. The summed E-state index contributed by atoms with van der Waals surface area (Å²) in [4.78, 5) is 11.9. The van der Waals surface area contributed by atoms with Crippen LogP contribution >= 0.6 is 27.3 Å². The van der Waals surface area contributed by atoms with Crippen molar-refractivity contribution in [3.63, 3.8) is 0 Å². The Bertz CT molecular complexity index is 549. The molecule has 0 saturated carbocycles. The molecule has 0 N–H and O–H groups in total. The van der Waals surface area contributed by atoms with Crippen molar-refractivity contribution in [2.75, 3.05) is 5.75 Å². The molecule has 17 heavy (non-hydrogen) atoms. The molecule has 1 aromatic carbocycles. The van der Waals surface area contributed by atoms with Crippen LogP contribution in [0.3, 0.4) is 0 Å². The van der Waals surface area contributed by atoms with E-state index in [0.29, 0.717) is 5.56 Å². The van der Waals surface area contributed by atoms with E-state index < -0.39 is 10.8 Å². The van der Waals surface area contributed by atoms with Gasteiger partial charge in [0.05, 0.1) is 20.8 Å². The van der Waals surface area contributed by atoms with Crippen LogP contribution in [0.15, 0.2) is 50.5 Å². The Morgan fingerprint density at radius 2 is 2.12 bits per heavy atom. The van der Waals surface area contributed by atoms with Gasteiger partial charge in [-0.15, -0.1) is 11.3 Å². The van der Waals surface area contributed by atoms with Crippen LogP contribution in [-0.4, -0.2) is 15.7 Å². The Labute approximate surface area is 114 Å². The second-order valence-electron chi connectivity index (χ2n) is 3.36. The third kappa shape index (κ3) is 3.34. The zero-order valence-electron chi connectivity index (χ0n) is 8.76. The van der Waals surface area contributed by atoms with Crippen LogP contribution in [-0.2, 0) is 10.8 Å². The van der Waals surface area contributed by atoms with E-state index in [-0.39, 0.29) is 11.5 Å². The third-order valence-electron chi connectivity index (χ3n) is 2.13. The molecule has 0 spiro atoms. The fraction of sp³-hybridized carbons (Fsp3) is 0.0833. The first kappa shape index (κ1) is 12.7. The Kier molecular flexibility index (Phi) is 4.25. The van der Waals surface area contributed by atoms with Crippen molar-refractivity contribution in [1.82, 2.24) is 0 Å².